The summed E-state index contributed by atoms with van der Waals surface area (Å²) < 4.78 is 15.0. The van der Waals surface area contributed by atoms with Crippen molar-refractivity contribution in [2.45, 2.75) is 32.1 Å². The summed E-state index contributed by atoms with van der Waals surface area (Å²) >= 11 is 0. The van der Waals surface area contributed by atoms with Gasteiger partial charge in [-0.15, -0.1) is 10.3 Å². The molecule has 0 bridgehead atoms. The normalized spacial score (nSPS) is 17.1. The van der Waals surface area contributed by atoms with Gasteiger partial charge in [-0.05, 0) is 48.9 Å². The van der Waals surface area contributed by atoms with E-state index < -0.39 is 7.82 Å². The van der Waals surface area contributed by atoms with Gasteiger partial charge >= 0.3 is 7.82 Å². The number of nitrogens with zero attached hydrogens (tertiary/aromatic N) is 3. The molecule has 0 unspecified atom stereocenters. The van der Waals surface area contributed by atoms with Gasteiger partial charge < -0.3 is 9.79 Å². The molecule has 2 aliphatic rings. The van der Waals surface area contributed by atoms with E-state index in [0.29, 0.717) is 11.4 Å². The Bertz CT molecular complexity index is 689. The van der Waals surface area contributed by atoms with Crippen LogP contribution in [0.2, 0.25) is 0 Å². The Hall–Kier alpha value is -1.48. The molecule has 0 aromatic heterocycles. The molecular formula is C13H18N3O6P. The second kappa shape index (κ2) is 6.20. The summed E-state index contributed by atoms with van der Waals surface area (Å²) in [7, 11) is -4.50. The minimum absolute atomic E-state index is 0.173. The van der Waals surface area contributed by atoms with E-state index >= 15 is 0 Å². The first-order valence-corrected chi connectivity index (χ1v) is 8.79. The number of benzene rings is 1. The van der Waals surface area contributed by atoms with Gasteiger partial charge in [-0.3, -0.25) is 14.9 Å². The van der Waals surface area contributed by atoms with Gasteiger partial charge in [0.2, 0.25) is 0 Å². The molecule has 23 heavy (non-hydrogen) atoms. The molecule has 10 heteroatoms. The molecule has 1 aromatic carbocycles. The average molecular weight is 343 g/mol. The predicted molar refractivity (Wildman–Crippen MR) is 81.7 cm³/mol. The van der Waals surface area contributed by atoms with Crippen molar-refractivity contribution in [2.75, 3.05) is 16.8 Å². The van der Waals surface area contributed by atoms with Gasteiger partial charge in [0.05, 0.1) is 12.3 Å². The largest absolute Gasteiger partial charge is 0.469 e. The van der Waals surface area contributed by atoms with E-state index in [4.69, 9.17) is 9.79 Å². The molecule has 0 spiro atoms. The molecule has 0 atom stereocenters. The summed E-state index contributed by atoms with van der Waals surface area (Å²) in [5.74, 6) is 0.173. The van der Waals surface area contributed by atoms with Crippen LogP contribution in [0.4, 0.5) is 11.4 Å². The maximum atomic E-state index is 10.6. The van der Waals surface area contributed by atoms with Gasteiger partial charge in [0.15, 0.2) is 5.84 Å². The third-order valence-electron chi connectivity index (χ3n) is 3.89. The predicted octanol–water partition coefficient (Wildman–Crippen LogP) is 1.78. The van der Waals surface area contributed by atoms with Crippen molar-refractivity contribution in [3.8, 4) is 0 Å². The molecule has 0 saturated carbocycles. The van der Waals surface area contributed by atoms with E-state index in [9.17, 15) is 15.0 Å². The van der Waals surface area contributed by atoms with Crippen molar-refractivity contribution in [3.05, 3.63) is 23.3 Å². The number of hydrogen-bond acceptors (Lipinski definition) is 7. The van der Waals surface area contributed by atoms with Crippen LogP contribution in [0.15, 0.2) is 17.2 Å². The maximum Gasteiger partial charge on any atom is 0.469 e. The summed E-state index contributed by atoms with van der Waals surface area (Å²) in [4.78, 5) is 17.2. The Morgan fingerprint density at radius 3 is 2.48 bits per heavy atom. The van der Waals surface area contributed by atoms with E-state index in [1.54, 1.807) is 0 Å². The van der Waals surface area contributed by atoms with Crippen LogP contribution in [0.3, 0.4) is 0 Å². The van der Waals surface area contributed by atoms with Gasteiger partial charge in [-0.2, -0.15) is 0 Å². The van der Waals surface area contributed by atoms with Crippen LogP contribution in [-0.4, -0.2) is 32.6 Å². The van der Waals surface area contributed by atoms with Crippen molar-refractivity contribution in [3.63, 3.8) is 0 Å². The molecule has 0 amide bonds. The fraction of sp³-hybridized carbons (Fsp3) is 0.462. The van der Waals surface area contributed by atoms with Crippen LogP contribution in [0.1, 0.15) is 30.4 Å². The third-order valence-corrected chi connectivity index (χ3v) is 4.41. The van der Waals surface area contributed by atoms with Crippen molar-refractivity contribution in [1.82, 2.24) is 0 Å². The Labute approximate surface area is 132 Å². The number of amidine groups is 1. The highest BCUT2D eigenvalue weighted by Gasteiger charge is 2.27. The van der Waals surface area contributed by atoms with Crippen LogP contribution < -0.4 is 10.2 Å². The summed E-state index contributed by atoms with van der Waals surface area (Å²) in [5.41, 5.74) is 3.13. The van der Waals surface area contributed by atoms with Crippen LogP contribution in [0.5, 0.6) is 0 Å². The highest BCUT2D eigenvalue weighted by molar-refractivity contribution is 7.46. The zero-order chi connectivity index (χ0) is 16.6. The second-order valence-corrected chi connectivity index (χ2v) is 6.75. The molecule has 1 aliphatic heterocycles. The Balaban J connectivity index is 1.72. The number of anilines is 2. The van der Waals surface area contributed by atoms with E-state index in [1.807, 2.05) is 12.1 Å². The number of hydrazone groups is 1. The molecule has 1 aliphatic carbocycles. The summed E-state index contributed by atoms with van der Waals surface area (Å²) in [6.07, 6.45) is 3.34. The van der Waals surface area contributed by atoms with Gasteiger partial charge in [-0.25, -0.2) is 9.63 Å². The number of fused-ring (bicyclic) bond motifs is 2. The van der Waals surface area contributed by atoms with Gasteiger partial charge in [-0.1, -0.05) is 0 Å². The van der Waals surface area contributed by atoms with Gasteiger partial charge in [0, 0.05) is 6.42 Å². The van der Waals surface area contributed by atoms with E-state index in [2.05, 4.69) is 9.63 Å². The SMILES string of the molecule is O=P(O)(O)OCCCC1=NN(O)c2cc3c(cc2N1O)CCC3. The Kier molecular flexibility index (Phi) is 4.41. The van der Waals surface area contributed by atoms with E-state index in [-0.39, 0.29) is 25.3 Å². The quantitative estimate of drug-likeness (QED) is 0.471. The van der Waals surface area contributed by atoms with Gasteiger partial charge in [0.1, 0.15) is 5.69 Å². The number of aryl methyl sites for hydroxylation is 2. The van der Waals surface area contributed by atoms with Crippen molar-refractivity contribution in [1.29, 1.82) is 0 Å². The molecule has 9 nitrogen and oxygen atoms in total. The van der Waals surface area contributed by atoms with E-state index in [1.165, 1.54) is 0 Å². The first-order chi connectivity index (χ1) is 10.8. The monoisotopic (exact) mass is 343 g/mol. The van der Waals surface area contributed by atoms with Crippen molar-refractivity contribution in [2.24, 2.45) is 5.10 Å². The second-order valence-electron chi connectivity index (χ2n) is 5.51. The summed E-state index contributed by atoms with van der Waals surface area (Å²) in [5, 5.41) is 25.8. The zero-order valence-corrected chi connectivity index (χ0v) is 13.2. The third kappa shape index (κ3) is 3.55. The molecule has 0 radical (unpaired) electrons. The number of phosphoric acid groups is 1. The molecule has 4 N–H and O–H groups in total. The van der Waals surface area contributed by atoms with Crippen LogP contribution in [0, 0.1) is 0 Å². The minimum Gasteiger partial charge on any atom is -0.303 e. The van der Waals surface area contributed by atoms with Crippen LogP contribution in [-0.2, 0) is 21.9 Å². The molecule has 1 aromatic rings. The van der Waals surface area contributed by atoms with Crippen molar-refractivity contribution < 1.29 is 29.3 Å². The number of rotatable bonds is 5. The highest BCUT2D eigenvalue weighted by Crippen LogP contribution is 2.38. The smallest absolute Gasteiger partial charge is 0.303 e. The lowest BCUT2D eigenvalue weighted by Crippen LogP contribution is -2.35. The molecule has 0 fully saturated rings. The molecule has 1 heterocycles. The highest BCUT2D eigenvalue weighted by atomic mass is 31.2. The molecule has 0 saturated heterocycles. The first-order valence-electron chi connectivity index (χ1n) is 7.26. The topological polar surface area (TPSA) is 126 Å². The number of hydrogen-bond donors (Lipinski definition) is 4. The van der Waals surface area contributed by atoms with Crippen molar-refractivity contribution >= 4 is 25.0 Å². The van der Waals surface area contributed by atoms with Crippen LogP contribution in [0.25, 0.3) is 0 Å². The Morgan fingerprint density at radius 1 is 1.17 bits per heavy atom. The van der Waals surface area contributed by atoms with Gasteiger partial charge in [0.25, 0.3) is 0 Å². The minimum atomic E-state index is -4.50. The molecular weight excluding hydrogens is 325 g/mol. The lowest BCUT2D eigenvalue weighted by Gasteiger charge is -2.30. The fourth-order valence-corrected chi connectivity index (χ4v) is 3.21. The van der Waals surface area contributed by atoms with Crippen LogP contribution >= 0.6 is 7.82 Å². The standard InChI is InChI=1S/C13H18N3O6P/c17-15-11-7-9-3-1-4-10(9)8-12(11)16(18)14-13(15)5-2-6-22-23(19,20)21/h7-8,17-18H,1-6H2,(H2,19,20,21). The molecule has 3 rings (SSSR count). The average Bonchev–Trinajstić information content (AvgIpc) is 2.93. The summed E-state index contributed by atoms with van der Waals surface area (Å²) in [6.45, 7) is -0.181. The fourth-order valence-electron chi connectivity index (χ4n) is 2.84. The lowest BCUT2D eigenvalue weighted by atomic mass is 10.1. The Morgan fingerprint density at radius 2 is 1.83 bits per heavy atom. The zero-order valence-electron chi connectivity index (χ0n) is 12.3. The lowest BCUT2D eigenvalue weighted by molar-refractivity contribution is 0.195. The maximum absolute atomic E-state index is 10.6. The van der Waals surface area contributed by atoms with E-state index in [0.717, 1.165) is 40.6 Å². The molecule has 126 valence electrons. The summed E-state index contributed by atoms with van der Waals surface area (Å²) in [6, 6.07) is 3.65. The number of hydroxylamine groups is 1. The number of phosphoric ester groups is 1. The first kappa shape index (κ1) is 16.4.